The fourth-order valence-corrected chi connectivity index (χ4v) is 6.12. The Bertz CT molecular complexity index is 1910. The molecule has 210 valence electrons. The van der Waals surface area contributed by atoms with Crippen molar-refractivity contribution < 1.29 is 35.5 Å². The highest BCUT2D eigenvalue weighted by molar-refractivity contribution is 6.06. The van der Waals surface area contributed by atoms with Crippen LogP contribution in [0.2, 0.25) is 0 Å². The normalized spacial score (nSPS) is 23.7. The quantitative estimate of drug-likeness (QED) is 0.215. The zero-order chi connectivity index (χ0) is 29.0. The average Bonchev–Trinajstić information content (AvgIpc) is 3.29. The minimum Gasteiger partial charge on any atom is -0.454 e. The SMILES string of the molecule is FC(F)(F)c1ccc(OC2=NN3C(=C4C=C5C=CC=CC5C=C24)c2oc4ccccc4c2C2C=CC23)c(C(F)(F)F)c1. The second-order valence-electron chi connectivity index (χ2n) is 10.6. The van der Waals surface area contributed by atoms with Gasteiger partial charge in [-0.25, -0.2) is 5.01 Å². The summed E-state index contributed by atoms with van der Waals surface area (Å²) in [6.07, 6.45) is 5.35. The van der Waals surface area contributed by atoms with Crippen LogP contribution in [0.1, 0.15) is 28.4 Å². The first-order valence-corrected chi connectivity index (χ1v) is 13.2. The maximum atomic E-state index is 14.0. The van der Waals surface area contributed by atoms with Gasteiger partial charge in [-0.2, -0.15) is 26.3 Å². The Morgan fingerprint density at radius 3 is 2.50 bits per heavy atom. The van der Waals surface area contributed by atoms with Crippen molar-refractivity contribution in [3.8, 4) is 5.75 Å². The van der Waals surface area contributed by atoms with E-state index in [0.29, 0.717) is 40.3 Å². The molecule has 3 aliphatic carbocycles. The number of para-hydroxylation sites is 1. The third-order valence-corrected chi connectivity index (χ3v) is 8.13. The van der Waals surface area contributed by atoms with Crippen LogP contribution in [-0.2, 0) is 12.4 Å². The predicted octanol–water partition coefficient (Wildman–Crippen LogP) is 8.53. The highest BCUT2D eigenvalue weighted by atomic mass is 19.4. The first kappa shape index (κ1) is 25.0. The van der Waals surface area contributed by atoms with Crippen molar-refractivity contribution in [1.29, 1.82) is 0 Å². The Morgan fingerprint density at radius 1 is 0.905 bits per heavy atom. The zero-order valence-electron chi connectivity index (χ0n) is 21.4. The van der Waals surface area contributed by atoms with E-state index in [4.69, 9.17) is 14.3 Å². The molecule has 5 aliphatic rings. The van der Waals surface area contributed by atoms with E-state index in [2.05, 4.69) is 0 Å². The molecule has 0 bridgehead atoms. The molecule has 10 heteroatoms. The van der Waals surface area contributed by atoms with E-state index in [1.807, 2.05) is 72.9 Å². The fraction of sp³-hybridized carbons (Fsp3) is 0.156. The number of halogens is 6. The van der Waals surface area contributed by atoms with Crippen molar-refractivity contribution in [2.75, 3.05) is 0 Å². The summed E-state index contributed by atoms with van der Waals surface area (Å²) in [6, 6.07) is 8.77. The lowest BCUT2D eigenvalue weighted by Gasteiger charge is -2.45. The Labute approximate surface area is 234 Å². The molecule has 8 rings (SSSR count). The molecule has 3 atom stereocenters. The summed E-state index contributed by atoms with van der Waals surface area (Å²) in [5.74, 6) is -0.576. The van der Waals surface area contributed by atoms with Crippen molar-refractivity contribution in [3.63, 3.8) is 0 Å². The number of benzene rings is 2. The molecule has 2 aromatic carbocycles. The lowest BCUT2D eigenvalue weighted by atomic mass is 9.75. The van der Waals surface area contributed by atoms with E-state index in [9.17, 15) is 26.3 Å². The number of hydrogen-bond acceptors (Lipinski definition) is 4. The summed E-state index contributed by atoms with van der Waals surface area (Å²) in [4.78, 5) is 0. The van der Waals surface area contributed by atoms with Crippen LogP contribution in [0.25, 0.3) is 16.7 Å². The highest BCUT2D eigenvalue weighted by Crippen LogP contribution is 2.53. The largest absolute Gasteiger partial charge is 0.454 e. The molecule has 2 aliphatic heterocycles. The van der Waals surface area contributed by atoms with Gasteiger partial charge in [0.25, 0.3) is 0 Å². The van der Waals surface area contributed by atoms with Gasteiger partial charge in [-0.05, 0) is 35.9 Å². The third kappa shape index (κ3) is 3.60. The summed E-state index contributed by atoms with van der Waals surface area (Å²) in [5, 5.41) is 7.36. The number of fused-ring (bicyclic) bond motifs is 10. The smallest absolute Gasteiger partial charge is 0.420 e. The lowest BCUT2D eigenvalue weighted by Crippen LogP contribution is -2.45. The third-order valence-electron chi connectivity index (χ3n) is 8.13. The molecule has 3 unspecified atom stereocenters. The molecule has 0 amide bonds. The standard InChI is InChI=1S/C32H18F6N2O2/c33-31(34,35)18-9-12-26(23(15-18)32(36,37)38)42-30-22-14-17-6-2-1-5-16(17)13-21(22)28-29-27(19-10-11-24(19)40(28)39-30)20-7-3-4-8-25(20)41-29/h1-15,17,19,24H. The molecule has 0 spiro atoms. The molecule has 4 nitrogen and oxygen atoms in total. The van der Waals surface area contributed by atoms with Crippen LogP contribution in [0.4, 0.5) is 26.3 Å². The van der Waals surface area contributed by atoms with Gasteiger partial charge < -0.3 is 9.15 Å². The van der Waals surface area contributed by atoms with Gasteiger partial charge in [0, 0.05) is 33.9 Å². The van der Waals surface area contributed by atoms with E-state index in [1.165, 1.54) is 0 Å². The number of rotatable bonds is 1. The summed E-state index contributed by atoms with van der Waals surface area (Å²) in [7, 11) is 0. The number of ether oxygens (including phenoxy) is 1. The topological polar surface area (TPSA) is 38.0 Å². The van der Waals surface area contributed by atoms with Crippen LogP contribution in [0.5, 0.6) is 5.75 Å². The maximum absolute atomic E-state index is 14.0. The van der Waals surface area contributed by atoms with Crippen LogP contribution in [0, 0.1) is 5.92 Å². The molecule has 0 N–H and O–H groups in total. The number of hydrogen-bond donors (Lipinski definition) is 0. The van der Waals surface area contributed by atoms with Crippen LogP contribution in [-0.4, -0.2) is 16.9 Å². The van der Waals surface area contributed by atoms with Gasteiger partial charge in [-0.3, -0.25) is 0 Å². The van der Waals surface area contributed by atoms with E-state index in [0.717, 1.165) is 16.5 Å². The number of furan rings is 1. The number of alkyl halides is 6. The van der Waals surface area contributed by atoms with Crippen LogP contribution in [0.3, 0.4) is 0 Å². The first-order valence-electron chi connectivity index (χ1n) is 13.2. The van der Waals surface area contributed by atoms with E-state index in [1.54, 1.807) is 5.01 Å². The van der Waals surface area contributed by atoms with Crippen LogP contribution >= 0.6 is 0 Å². The monoisotopic (exact) mass is 576 g/mol. The molecule has 1 aromatic heterocycles. The minimum atomic E-state index is -5.10. The fourth-order valence-electron chi connectivity index (χ4n) is 6.12. The molecule has 0 saturated carbocycles. The summed E-state index contributed by atoms with van der Waals surface area (Å²) in [6.45, 7) is 0. The van der Waals surface area contributed by atoms with Crippen molar-refractivity contribution in [3.05, 3.63) is 130 Å². The number of nitrogens with zero attached hydrogens (tertiary/aromatic N) is 2. The molecular weight excluding hydrogens is 558 g/mol. The van der Waals surface area contributed by atoms with Crippen molar-refractivity contribution >= 4 is 22.6 Å². The molecule has 3 aromatic rings. The van der Waals surface area contributed by atoms with Crippen LogP contribution < -0.4 is 4.74 Å². The Morgan fingerprint density at radius 2 is 1.74 bits per heavy atom. The molecule has 0 saturated heterocycles. The van der Waals surface area contributed by atoms with Crippen molar-refractivity contribution in [2.24, 2.45) is 11.0 Å². The molecular formula is C32H18F6N2O2. The Hall–Kier alpha value is -4.73. The van der Waals surface area contributed by atoms with Gasteiger partial charge in [0.1, 0.15) is 17.0 Å². The van der Waals surface area contributed by atoms with Crippen LogP contribution in [0.15, 0.2) is 117 Å². The molecule has 0 radical (unpaired) electrons. The van der Waals surface area contributed by atoms with E-state index >= 15 is 0 Å². The first-order chi connectivity index (χ1) is 20.1. The number of hydrazone groups is 1. The summed E-state index contributed by atoms with van der Waals surface area (Å²) >= 11 is 0. The second kappa shape index (κ2) is 8.40. The second-order valence-corrected chi connectivity index (χ2v) is 10.6. The minimum absolute atomic E-state index is 0.0646. The van der Waals surface area contributed by atoms with Gasteiger partial charge in [-0.15, -0.1) is 5.10 Å². The summed E-state index contributed by atoms with van der Waals surface area (Å²) < 4.78 is 94.2. The predicted molar refractivity (Wildman–Crippen MR) is 143 cm³/mol. The van der Waals surface area contributed by atoms with Gasteiger partial charge >= 0.3 is 12.4 Å². The molecule has 0 fully saturated rings. The van der Waals surface area contributed by atoms with Gasteiger partial charge in [0.15, 0.2) is 5.76 Å². The number of allylic oxidation sites excluding steroid dienone is 7. The average molecular weight is 576 g/mol. The zero-order valence-corrected chi connectivity index (χ0v) is 21.4. The van der Waals surface area contributed by atoms with E-state index < -0.39 is 29.2 Å². The van der Waals surface area contributed by atoms with Gasteiger partial charge in [0.05, 0.1) is 17.2 Å². The maximum Gasteiger partial charge on any atom is 0.420 e. The Kier molecular flexibility index (Phi) is 5.01. The van der Waals surface area contributed by atoms with E-state index in [-0.39, 0.29) is 29.8 Å². The van der Waals surface area contributed by atoms with Crippen molar-refractivity contribution in [1.82, 2.24) is 5.01 Å². The Balaban J connectivity index is 1.32. The lowest BCUT2D eigenvalue weighted by molar-refractivity contribution is -0.143. The van der Waals surface area contributed by atoms with Gasteiger partial charge in [-0.1, -0.05) is 60.7 Å². The highest BCUT2D eigenvalue weighted by Gasteiger charge is 2.48. The van der Waals surface area contributed by atoms with Crippen molar-refractivity contribution in [2.45, 2.75) is 24.3 Å². The molecule has 42 heavy (non-hydrogen) atoms. The molecule has 3 heterocycles. The summed E-state index contributed by atoms with van der Waals surface area (Å²) in [5.41, 5.74) is 1.44. The van der Waals surface area contributed by atoms with Gasteiger partial charge in [0.2, 0.25) is 5.90 Å².